The van der Waals surface area contributed by atoms with Crippen LogP contribution in [0.2, 0.25) is 0 Å². The van der Waals surface area contributed by atoms with Crippen LogP contribution in [0, 0.1) is 12.3 Å². The fraction of sp³-hybridized carbons (Fsp3) is 0.143. The van der Waals surface area contributed by atoms with Crippen molar-refractivity contribution in [2.45, 2.75) is 6.92 Å². The van der Waals surface area contributed by atoms with Gasteiger partial charge < -0.3 is 13.9 Å². The predicted molar refractivity (Wildman–Crippen MR) is 103 cm³/mol. The lowest BCUT2D eigenvalue weighted by atomic mass is 10.2. The van der Waals surface area contributed by atoms with E-state index in [2.05, 4.69) is 16.4 Å². The molecule has 0 aliphatic rings. The van der Waals surface area contributed by atoms with Gasteiger partial charge in [-0.05, 0) is 42.8 Å². The number of carbonyl (C=O) groups is 1. The molecule has 0 radical (unpaired) electrons. The van der Waals surface area contributed by atoms with Crippen LogP contribution in [0.5, 0.6) is 11.5 Å². The summed E-state index contributed by atoms with van der Waals surface area (Å²) in [6.45, 7) is 2.51. The van der Waals surface area contributed by atoms with Gasteiger partial charge in [0.15, 0.2) is 17.3 Å². The minimum Gasteiger partial charge on any atom is -0.490 e. The van der Waals surface area contributed by atoms with E-state index in [0.29, 0.717) is 23.7 Å². The second-order valence-corrected chi connectivity index (χ2v) is 5.48. The highest BCUT2D eigenvalue weighted by Crippen LogP contribution is 2.28. The number of amides is 1. The molecule has 0 saturated heterocycles. The Morgan fingerprint density at radius 1 is 1.22 bits per heavy atom. The second kappa shape index (κ2) is 8.59. The molecule has 136 valence electrons. The van der Waals surface area contributed by atoms with E-state index in [-0.39, 0.29) is 12.4 Å². The van der Waals surface area contributed by atoms with E-state index in [1.165, 1.54) is 6.21 Å². The topological polar surface area (TPSA) is 73.1 Å². The summed E-state index contributed by atoms with van der Waals surface area (Å²) in [6.07, 6.45) is 6.72. The van der Waals surface area contributed by atoms with Crippen molar-refractivity contribution in [3.63, 3.8) is 0 Å². The third-order valence-electron chi connectivity index (χ3n) is 3.61. The van der Waals surface area contributed by atoms with E-state index in [1.54, 1.807) is 30.3 Å². The Morgan fingerprint density at radius 2 is 2.07 bits per heavy atom. The molecule has 0 spiro atoms. The van der Waals surface area contributed by atoms with E-state index in [1.807, 2.05) is 25.1 Å². The zero-order valence-electron chi connectivity index (χ0n) is 14.8. The van der Waals surface area contributed by atoms with E-state index in [0.717, 1.165) is 10.9 Å². The van der Waals surface area contributed by atoms with Gasteiger partial charge in [0.25, 0.3) is 0 Å². The fourth-order valence-corrected chi connectivity index (χ4v) is 2.43. The summed E-state index contributed by atoms with van der Waals surface area (Å²) >= 11 is 0. The van der Waals surface area contributed by atoms with Crippen molar-refractivity contribution >= 4 is 23.1 Å². The molecule has 1 heterocycles. The van der Waals surface area contributed by atoms with Crippen molar-refractivity contribution in [1.82, 2.24) is 5.43 Å². The number of hydrazone groups is 1. The number of benzene rings is 2. The van der Waals surface area contributed by atoms with E-state index < -0.39 is 5.91 Å². The predicted octanol–water partition coefficient (Wildman–Crippen LogP) is 3.61. The normalized spacial score (nSPS) is 10.7. The van der Waals surface area contributed by atoms with E-state index in [4.69, 9.17) is 20.3 Å². The summed E-state index contributed by atoms with van der Waals surface area (Å²) in [6, 6.07) is 14.3. The molecule has 6 heteroatoms. The van der Waals surface area contributed by atoms with Gasteiger partial charge in [0.05, 0.1) is 12.8 Å². The number of para-hydroxylation sites is 1. The Hall–Kier alpha value is -3.72. The maximum Gasteiger partial charge on any atom is 0.307 e. The molecular weight excluding hydrogens is 344 g/mol. The lowest BCUT2D eigenvalue weighted by molar-refractivity contribution is 0.0929. The Kier molecular flexibility index (Phi) is 5.75. The molecular formula is C21H18N2O4. The van der Waals surface area contributed by atoms with E-state index in [9.17, 15) is 4.79 Å². The third kappa shape index (κ3) is 4.47. The van der Waals surface area contributed by atoms with E-state index >= 15 is 0 Å². The molecule has 0 fully saturated rings. The largest absolute Gasteiger partial charge is 0.490 e. The van der Waals surface area contributed by atoms with Gasteiger partial charge in [-0.25, -0.2) is 5.43 Å². The van der Waals surface area contributed by atoms with Crippen molar-refractivity contribution < 1.29 is 18.7 Å². The van der Waals surface area contributed by atoms with Crippen LogP contribution >= 0.6 is 0 Å². The molecule has 3 aromatic rings. The minimum atomic E-state index is -0.429. The molecule has 6 nitrogen and oxygen atoms in total. The number of hydrogen-bond acceptors (Lipinski definition) is 5. The Balaban J connectivity index is 1.68. The monoisotopic (exact) mass is 362 g/mol. The lowest BCUT2D eigenvalue weighted by Crippen LogP contribution is -2.16. The highest BCUT2D eigenvalue weighted by Gasteiger charge is 2.11. The maximum absolute atomic E-state index is 12.2. The van der Waals surface area contributed by atoms with Crippen molar-refractivity contribution in [2.24, 2.45) is 5.10 Å². The first-order valence-corrected chi connectivity index (χ1v) is 8.36. The number of ether oxygens (including phenoxy) is 2. The number of rotatable bonds is 7. The smallest absolute Gasteiger partial charge is 0.307 e. The number of nitrogens with zero attached hydrogens (tertiary/aromatic N) is 1. The first-order valence-electron chi connectivity index (χ1n) is 8.36. The van der Waals surface area contributed by atoms with Crippen LogP contribution < -0.4 is 14.9 Å². The molecule has 0 aliphatic heterocycles. The number of furan rings is 1. The molecule has 0 saturated carbocycles. The second-order valence-electron chi connectivity index (χ2n) is 5.48. The number of terminal acetylenes is 1. The van der Waals surface area contributed by atoms with Crippen LogP contribution in [-0.4, -0.2) is 25.3 Å². The van der Waals surface area contributed by atoms with Crippen LogP contribution in [0.25, 0.3) is 11.0 Å². The van der Waals surface area contributed by atoms with Gasteiger partial charge in [0, 0.05) is 5.39 Å². The van der Waals surface area contributed by atoms with Gasteiger partial charge in [0.2, 0.25) is 0 Å². The van der Waals surface area contributed by atoms with Gasteiger partial charge in [-0.3, -0.25) is 4.79 Å². The number of carbonyl (C=O) groups excluding carboxylic acids is 1. The van der Waals surface area contributed by atoms with Crippen LogP contribution in [0.4, 0.5) is 0 Å². The lowest BCUT2D eigenvalue weighted by Gasteiger charge is -2.10. The highest BCUT2D eigenvalue weighted by atomic mass is 16.5. The van der Waals surface area contributed by atoms with Crippen molar-refractivity contribution in [2.75, 3.05) is 13.2 Å². The molecule has 1 amide bonds. The summed E-state index contributed by atoms with van der Waals surface area (Å²) in [7, 11) is 0. The maximum atomic E-state index is 12.2. The van der Waals surface area contributed by atoms with Crippen LogP contribution in [0.1, 0.15) is 23.0 Å². The molecule has 0 bridgehead atoms. The Morgan fingerprint density at radius 3 is 2.85 bits per heavy atom. The van der Waals surface area contributed by atoms with Crippen molar-refractivity contribution in [3.8, 4) is 23.8 Å². The fourth-order valence-electron chi connectivity index (χ4n) is 2.43. The van der Waals surface area contributed by atoms with Crippen LogP contribution in [0.15, 0.2) is 58.0 Å². The van der Waals surface area contributed by atoms with Gasteiger partial charge in [-0.1, -0.05) is 24.1 Å². The molecule has 0 atom stereocenters. The number of nitrogens with one attached hydrogen (secondary N) is 1. The molecule has 2 aromatic carbocycles. The molecule has 1 N–H and O–H groups in total. The summed E-state index contributed by atoms with van der Waals surface area (Å²) in [5.41, 5.74) is 3.83. The van der Waals surface area contributed by atoms with Crippen LogP contribution in [-0.2, 0) is 0 Å². The molecule has 0 unspecified atom stereocenters. The van der Waals surface area contributed by atoms with Crippen molar-refractivity contribution in [3.05, 3.63) is 59.9 Å². The SMILES string of the molecule is C#CCOc1ccc(/C=N/NC(=O)c2cc3ccccc3o2)cc1OCC. The first kappa shape index (κ1) is 18.1. The highest BCUT2D eigenvalue weighted by molar-refractivity contribution is 5.96. The average molecular weight is 362 g/mol. The summed E-state index contributed by atoms with van der Waals surface area (Å²) in [5.74, 6) is 3.29. The Bertz CT molecular complexity index is 981. The minimum absolute atomic E-state index is 0.154. The average Bonchev–Trinajstić information content (AvgIpc) is 3.12. The third-order valence-corrected chi connectivity index (χ3v) is 3.61. The van der Waals surface area contributed by atoms with Gasteiger partial charge in [-0.2, -0.15) is 5.10 Å². The van der Waals surface area contributed by atoms with Gasteiger partial charge >= 0.3 is 5.91 Å². The summed E-state index contributed by atoms with van der Waals surface area (Å²) in [4.78, 5) is 12.2. The van der Waals surface area contributed by atoms with Gasteiger partial charge in [-0.15, -0.1) is 6.42 Å². The molecule has 1 aromatic heterocycles. The Labute approximate surface area is 156 Å². The zero-order valence-corrected chi connectivity index (χ0v) is 14.8. The van der Waals surface area contributed by atoms with Crippen LogP contribution in [0.3, 0.4) is 0 Å². The quantitative estimate of drug-likeness (QED) is 0.396. The van der Waals surface area contributed by atoms with Gasteiger partial charge in [0.1, 0.15) is 12.2 Å². The summed E-state index contributed by atoms with van der Waals surface area (Å²) in [5, 5.41) is 4.82. The molecule has 3 rings (SSSR count). The summed E-state index contributed by atoms with van der Waals surface area (Å²) < 4.78 is 16.5. The molecule has 0 aliphatic carbocycles. The van der Waals surface area contributed by atoms with Crippen molar-refractivity contribution in [1.29, 1.82) is 0 Å². The molecule has 27 heavy (non-hydrogen) atoms. The zero-order chi connectivity index (χ0) is 19.1. The standard InChI is InChI=1S/C21H18N2O4/c1-3-11-26-18-10-9-15(12-19(18)25-4-2)14-22-23-21(24)20-13-16-7-5-6-8-17(16)27-20/h1,5-10,12-14H,4,11H2,2H3,(H,23,24)/b22-14+. The first-order chi connectivity index (χ1) is 13.2. The number of fused-ring (bicyclic) bond motifs is 1. The number of hydrogen-bond donors (Lipinski definition) is 1.